The predicted octanol–water partition coefficient (Wildman–Crippen LogP) is 2.18. The number of amides is 1. The van der Waals surface area contributed by atoms with Gasteiger partial charge in [0.1, 0.15) is 11.6 Å². The first kappa shape index (κ1) is 15.5. The number of piperidine rings is 1. The molecule has 0 spiro atoms. The molecule has 5 nitrogen and oxygen atoms in total. The Hall–Kier alpha value is -1.91. The number of rotatable bonds is 4. The van der Waals surface area contributed by atoms with E-state index < -0.39 is 0 Å². The van der Waals surface area contributed by atoms with Crippen LogP contribution < -0.4 is 5.32 Å². The Morgan fingerprint density at radius 2 is 2.10 bits per heavy atom. The Bertz CT molecular complexity index is 533. The minimum Gasteiger partial charge on any atom is -0.373 e. The third kappa shape index (κ3) is 4.03. The van der Waals surface area contributed by atoms with E-state index in [-0.39, 0.29) is 5.91 Å². The molecule has 0 atom stereocenters. The molecule has 1 N–H and O–H groups in total. The molecule has 0 aliphatic carbocycles. The minimum atomic E-state index is 0.0812. The van der Waals surface area contributed by atoms with Crippen LogP contribution in [0.15, 0.2) is 18.2 Å². The van der Waals surface area contributed by atoms with Crippen LogP contribution in [0.4, 0.5) is 5.82 Å². The van der Waals surface area contributed by atoms with Crippen molar-refractivity contribution in [3.63, 3.8) is 0 Å². The number of hydrogen-bond acceptors (Lipinski definition) is 4. The van der Waals surface area contributed by atoms with Gasteiger partial charge < -0.3 is 10.2 Å². The summed E-state index contributed by atoms with van der Waals surface area (Å²) in [6.07, 6.45) is 2.89. The second-order valence-corrected chi connectivity index (χ2v) is 5.78. The Labute approximate surface area is 126 Å². The van der Waals surface area contributed by atoms with Crippen LogP contribution in [0.25, 0.3) is 0 Å². The van der Waals surface area contributed by atoms with E-state index in [1.54, 1.807) is 6.92 Å². The van der Waals surface area contributed by atoms with Crippen molar-refractivity contribution < 1.29 is 4.79 Å². The lowest BCUT2D eigenvalue weighted by molar-refractivity contribution is -0.128. The molecule has 1 aliphatic heterocycles. The first-order chi connectivity index (χ1) is 9.99. The van der Waals surface area contributed by atoms with Gasteiger partial charge in [0.15, 0.2) is 0 Å². The highest BCUT2D eigenvalue weighted by atomic mass is 16.2. The standard InChI is InChI=1S/C16H24N4O/c1-11(2)16(21)20-7-5-13(6-8-20)10-15-18-12(3)9-14(17-4)19-15/h9,13H,1,5-8,10H2,2-4H3,(H,17,18,19). The molecule has 2 heterocycles. The van der Waals surface area contributed by atoms with Crippen molar-refractivity contribution in [2.75, 3.05) is 25.5 Å². The molecule has 0 saturated carbocycles. The summed E-state index contributed by atoms with van der Waals surface area (Å²) in [5, 5.41) is 3.07. The maximum atomic E-state index is 11.9. The molecule has 0 bridgehead atoms. The van der Waals surface area contributed by atoms with Crippen molar-refractivity contribution in [2.24, 2.45) is 5.92 Å². The van der Waals surface area contributed by atoms with Crippen molar-refractivity contribution in [1.29, 1.82) is 0 Å². The predicted molar refractivity (Wildman–Crippen MR) is 84.1 cm³/mol. The lowest BCUT2D eigenvalue weighted by atomic mass is 9.93. The first-order valence-electron chi connectivity index (χ1n) is 7.46. The number of aryl methyl sites for hydroxylation is 1. The lowest BCUT2D eigenvalue weighted by Crippen LogP contribution is -2.39. The van der Waals surface area contributed by atoms with Crippen molar-refractivity contribution >= 4 is 11.7 Å². The average Bonchev–Trinajstić information content (AvgIpc) is 2.46. The van der Waals surface area contributed by atoms with Crippen LogP contribution in [0.1, 0.15) is 31.3 Å². The zero-order valence-electron chi connectivity index (χ0n) is 13.1. The Morgan fingerprint density at radius 3 is 2.67 bits per heavy atom. The Morgan fingerprint density at radius 1 is 1.43 bits per heavy atom. The molecule has 5 heteroatoms. The first-order valence-corrected chi connectivity index (χ1v) is 7.46. The van der Waals surface area contributed by atoms with Gasteiger partial charge in [-0.1, -0.05) is 6.58 Å². The van der Waals surface area contributed by atoms with E-state index in [0.29, 0.717) is 11.5 Å². The van der Waals surface area contributed by atoms with E-state index in [9.17, 15) is 4.79 Å². The Balaban J connectivity index is 1.93. The van der Waals surface area contributed by atoms with Crippen molar-refractivity contribution in [3.8, 4) is 0 Å². The molecule has 0 radical (unpaired) electrons. The summed E-state index contributed by atoms with van der Waals surface area (Å²) in [6.45, 7) is 9.10. The molecule has 0 aromatic carbocycles. The summed E-state index contributed by atoms with van der Waals surface area (Å²) in [6, 6.07) is 1.94. The second-order valence-electron chi connectivity index (χ2n) is 5.78. The van der Waals surface area contributed by atoms with Gasteiger partial charge in [0.25, 0.3) is 0 Å². The number of aromatic nitrogens is 2. The van der Waals surface area contributed by atoms with Gasteiger partial charge in [-0.25, -0.2) is 9.97 Å². The number of nitrogens with zero attached hydrogens (tertiary/aromatic N) is 3. The summed E-state index contributed by atoms with van der Waals surface area (Å²) in [7, 11) is 1.87. The zero-order chi connectivity index (χ0) is 15.4. The molecule has 1 amide bonds. The smallest absolute Gasteiger partial charge is 0.248 e. The van der Waals surface area contributed by atoms with Crippen LogP contribution in [0.5, 0.6) is 0 Å². The van der Waals surface area contributed by atoms with Gasteiger partial charge in [0, 0.05) is 43.9 Å². The molecule has 0 unspecified atom stereocenters. The molecule has 21 heavy (non-hydrogen) atoms. The molecule has 114 valence electrons. The third-order valence-corrected chi connectivity index (χ3v) is 3.89. The summed E-state index contributed by atoms with van der Waals surface area (Å²) >= 11 is 0. The van der Waals surface area contributed by atoms with Crippen LogP contribution in [0, 0.1) is 12.8 Å². The van der Waals surface area contributed by atoms with Gasteiger partial charge in [-0.2, -0.15) is 0 Å². The fourth-order valence-corrected chi connectivity index (χ4v) is 2.72. The van der Waals surface area contributed by atoms with Crippen LogP contribution in [0.3, 0.4) is 0 Å². The molecule has 1 aromatic heterocycles. The average molecular weight is 288 g/mol. The SMILES string of the molecule is C=C(C)C(=O)N1CCC(Cc2nc(C)cc(NC)n2)CC1. The maximum absolute atomic E-state index is 11.9. The number of carbonyl (C=O) groups excluding carboxylic acids is 1. The van der Waals surface area contributed by atoms with Gasteiger partial charge in [0.2, 0.25) is 5.91 Å². The second kappa shape index (κ2) is 6.70. The van der Waals surface area contributed by atoms with Crippen LogP contribution in [0.2, 0.25) is 0 Å². The van der Waals surface area contributed by atoms with Gasteiger partial charge in [-0.3, -0.25) is 4.79 Å². The summed E-state index contributed by atoms with van der Waals surface area (Å²) in [5.41, 5.74) is 1.60. The van der Waals surface area contributed by atoms with Crippen molar-refractivity contribution in [1.82, 2.24) is 14.9 Å². The maximum Gasteiger partial charge on any atom is 0.248 e. The number of anilines is 1. The zero-order valence-corrected chi connectivity index (χ0v) is 13.1. The van der Waals surface area contributed by atoms with Gasteiger partial charge in [-0.05, 0) is 32.6 Å². The molecule has 1 fully saturated rings. The van der Waals surface area contributed by atoms with E-state index in [2.05, 4.69) is 21.9 Å². The molecular weight excluding hydrogens is 264 g/mol. The van der Waals surface area contributed by atoms with E-state index in [1.807, 2.05) is 24.9 Å². The molecule has 1 aromatic rings. The summed E-state index contributed by atoms with van der Waals surface area (Å²) in [5.74, 6) is 2.39. The minimum absolute atomic E-state index is 0.0812. The molecule has 1 saturated heterocycles. The highest BCUT2D eigenvalue weighted by molar-refractivity contribution is 5.92. The van der Waals surface area contributed by atoms with Crippen LogP contribution >= 0.6 is 0 Å². The summed E-state index contributed by atoms with van der Waals surface area (Å²) in [4.78, 5) is 22.8. The van der Waals surface area contributed by atoms with Crippen molar-refractivity contribution in [3.05, 3.63) is 29.7 Å². The highest BCUT2D eigenvalue weighted by Gasteiger charge is 2.23. The molecule has 1 aliphatic rings. The highest BCUT2D eigenvalue weighted by Crippen LogP contribution is 2.22. The molecule has 2 rings (SSSR count). The number of hydrogen-bond donors (Lipinski definition) is 1. The Kier molecular flexibility index (Phi) is 4.94. The normalized spacial score (nSPS) is 15.9. The van der Waals surface area contributed by atoms with Crippen molar-refractivity contribution in [2.45, 2.75) is 33.1 Å². The third-order valence-electron chi connectivity index (χ3n) is 3.89. The monoisotopic (exact) mass is 288 g/mol. The summed E-state index contributed by atoms with van der Waals surface area (Å²) < 4.78 is 0. The van der Waals surface area contributed by atoms with Crippen LogP contribution in [-0.4, -0.2) is 40.9 Å². The van der Waals surface area contributed by atoms with E-state index in [1.165, 1.54) is 0 Å². The number of carbonyl (C=O) groups is 1. The topological polar surface area (TPSA) is 58.1 Å². The van der Waals surface area contributed by atoms with Gasteiger partial charge in [0.05, 0.1) is 0 Å². The van der Waals surface area contributed by atoms with Gasteiger partial charge in [-0.15, -0.1) is 0 Å². The van der Waals surface area contributed by atoms with E-state index >= 15 is 0 Å². The fourth-order valence-electron chi connectivity index (χ4n) is 2.72. The number of nitrogens with one attached hydrogen (secondary N) is 1. The number of likely N-dealkylation sites (tertiary alicyclic amines) is 1. The van der Waals surface area contributed by atoms with E-state index in [4.69, 9.17) is 0 Å². The fraction of sp³-hybridized carbons (Fsp3) is 0.562. The largest absolute Gasteiger partial charge is 0.373 e. The van der Waals surface area contributed by atoms with Crippen LogP contribution in [-0.2, 0) is 11.2 Å². The lowest BCUT2D eigenvalue weighted by Gasteiger charge is -2.32. The van der Waals surface area contributed by atoms with Gasteiger partial charge >= 0.3 is 0 Å². The van der Waals surface area contributed by atoms with E-state index in [0.717, 1.165) is 49.7 Å². The quantitative estimate of drug-likeness (QED) is 0.863. The molecular formula is C16H24N4O.